The van der Waals surface area contributed by atoms with Gasteiger partial charge in [0.2, 0.25) is 0 Å². The molecule has 0 aliphatic carbocycles. The third-order valence-electron chi connectivity index (χ3n) is 1.41. The van der Waals surface area contributed by atoms with Gasteiger partial charge in [-0.25, -0.2) is 0 Å². The van der Waals surface area contributed by atoms with Crippen LogP contribution in [0, 0.1) is 0 Å². The lowest BCUT2D eigenvalue weighted by Gasteiger charge is -1.83. The first-order valence-electron chi connectivity index (χ1n) is 4.11. The molecule has 0 aliphatic heterocycles. The lowest BCUT2D eigenvalue weighted by molar-refractivity contribution is 1.42. The molecule has 0 aliphatic rings. The monoisotopic (exact) mass is 186 g/mol. The van der Waals surface area contributed by atoms with Crippen LogP contribution in [0.1, 0.15) is 0 Å². The van der Waals surface area contributed by atoms with Crippen LogP contribution < -0.4 is 0 Å². The van der Waals surface area contributed by atoms with Crippen molar-refractivity contribution in [2.24, 2.45) is 5.11 Å². The molecule has 0 radical (unpaired) electrons. The average molecular weight is 186 g/mol. The van der Waals surface area contributed by atoms with Gasteiger partial charge < -0.3 is 4.98 Å². The molecule has 1 N–H and O–H groups in total. The highest BCUT2D eigenvalue weighted by Crippen LogP contribution is 2.08. The van der Waals surface area contributed by atoms with Crippen molar-refractivity contribution in [1.82, 2.24) is 4.98 Å². The van der Waals surface area contributed by atoms with Crippen LogP contribution in [0.15, 0.2) is 60.0 Å². The van der Waals surface area contributed by atoms with Crippen molar-refractivity contribution in [1.29, 1.82) is 0 Å². The van der Waals surface area contributed by atoms with Gasteiger partial charge in [0.25, 0.3) is 0 Å². The van der Waals surface area contributed by atoms with Crippen molar-refractivity contribution in [3.05, 3.63) is 65.3 Å². The zero-order chi connectivity index (χ0) is 10.1. The van der Waals surface area contributed by atoms with Crippen molar-refractivity contribution in [3.8, 4) is 0 Å². The van der Waals surface area contributed by atoms with E-state index in [9.17, 15) is 0 Å². The largest absolute Gasteiger partial charge is 0.368 e. The standard InChI is InChI=1S/C6H5N3.C4H5N/c7-9-8-6-4-2-1-3-5-6;1-2-4-5-3-1/h1-5H;1-5H. The number of hydrogen-bond acceptors (Lipinski definition) is 1. The first kappa shape index (κ1) is 9.89. The Balaban J connectivity index is 0.000000165. The topological polar surface area (TPSA) is 64.6 Å². The molecule has 0 unspecified atom stereocenters. The van der Waals surface area contributed by atoms with E-state index in [-0.39, 0.29) is 0 Å². The minimum Gasteiger partial charge on any atom is -0.368 e. The average Bonchev–Trinajstić information content (AvgIpc) is 2.78. The van der Waals surface area contributed by atoms with Crippen LogP contribution in [-0.4, -0.2) is 4.98 Å². The predicted octanol–water partition coefficient (Wildman–Crippen LogP) is 3.64. The Morgan fingerprint density at radius 2 is 1.64 bits per heavy atom. The van der Waals surface area contributed by atoms with E-state index in [2.05, 4.69) is 15.0 Å². The van der Waals surface area contributed by atoms with Crippen LogP contribution in [0.25, 0.3) is 10.4 Å². The molecule has 1 aromatic carbocycles. The maximum absolute atomic E-state index is 7.98. The summed E-state index contributed by atoms with van der Waals surface area (Å²) in [5, 5.41) is 3.39. The highest BCUT2D eigenvalue weighted by molar-refractivity contribution is 5.35. The molecule has 2 rings (SSSR count). The number of rotatable bonds is 1. The molecule has 0 saturated carbocycles. The molecule has 0 amide bonds. The fraction of sp³-hybridized carbons (Fsp3) is 0. The van der Waals surface area contributed by atoms with Crippen molar-refractivity contribution in [2.75, 3.05) is 0 Å². The predicted molar refractivity (Wildman–Crippen MR) is 56.0 cm³/mol. The van der Waals surface area contributed by atoms with Crippen LogP contribution in [0.5, 0.6) is 0 Å². The molecule has 0 spiro atoms. The van der Waals surface area contributed by atoms with Gasteiger partial charge in [-0.2, -0.15) is 0 Å². The smallest absolute Gasteiger partial charge is 0.0375 e. The van der Waals surface area contributed by atoms with Crippen molar-refractivity contribution >= 4 is 5.69 Å². The van der Waals surface area contributed by atoms with Crippen LogP contribution in [0.4, 0.5) is 5.69 Å². The van der Waals surface area contributed by atoms with Gasteiger partial charge >= 0.3 is 0 Å². The van der Waals surface area contributed by atoms with Gasteiger partial charge in [-0.15, -0.1) is 0 Å². The van der Waals surface area contributed by atoms with Crippen LogP contribution in [0.2, 0.25) is 0 Å². The minimum atomic E-state index is 0.653. The Labute approximate surface area is 81.8 Å². The summed E-state index contributed by atoms with van der Waals surface area (Å²) in [6.45, 7) is 0. The molecule has 0 saturated heterocycles. The molecule has 4 heteroatoms. The molecule has 0 atom stereocenters. The molecular weight excluding hydrogens is 176 g/mol. The summed E-state index contributed by atoms with van der Waals surface area (Å²) in [5.41, 5.74) is 8.63. The zero-order valence-corrected chi connectivity index (χ0v) is 7.54. The maximum Gasteiger partial charge on any atom is 0.0375 e. The normalized spacial score (nSPS) is 8.00. The summed E-state index contributed by atoms with van der Waals surface area (Å²) >= 11 is 0. The first-order valence-corrected chi connectivity index (χ1v) is 4.11. The summed E-state index contributed by atoms with van der Waals surface area (Å²) < 4.78 is 0. The number of hydrogen-bond donors (Lipinski definition) is 1. The molecule has 70 valence electrons. The second-order valence-corrected chi connectivity index (χ2v) is 2.41. The lowest BCUT2D eigenvalue weighted by Crippen LogP contribution is -1.56. The number of azide groups is 1. The van der Waals surface area contributed by atoms with E-state index in [1.165, 1.54) is 0 Å². The molecule has 2 aromatic rings. The maximum atomic E-state index is 7.98. The number of nitrogens with zero attached hydrogens (tertiary/aromatic N) is 3. The zero-order valence-electron chi connectivity index (χ0n) is 7.54. The van der Waals surface area contributed by atoms with E-state index < -0.39 is 0 Å². The van der Waals surface area contributed by atoms with Crippen molar-refractivity contribution in [3.63, 3.8) is 0 Å². The van der Waals surface area contributed by atoms with Crippen LogP contribution in [-0.2, 0) is 0 Å². The molecule has 0 bridgehead atoms. The number of aromatic nitrogens is 1. The first-order chi connectivity index (χ1) is 6.93. The van der Waals surface area contributed by atoms with E-state index in [4.69, 9.17) is 5.53 Å². The van der Waals surface area contributed by atoms with Gasteiger partial charge in [-0.05, 0) is 17.7 Å². The van der Waals surface area contributed by atoms with E-state index in [0.29, 0.717) is 5.69 Å². The second-order valence-electron chi connectivity index (χ2n) is 2.41. The number of aromatic amines is 1. The Morgan fingerprint density at radius 3 is 2.07 bits per heavy atom. The Morgan fingerprint density at radius 1 is 1.00 bits per heavy atom. The molecule has 1 aromatic heterocycles. The van der Waals surface area contributed by atoms with E-state index in [1.807, 2.05) is 42.7 Å². The van der Waals surface area contributed by atoms with Gasteiger partial charge in [0.1, 0.15) is 0 Å². The number of H-pyrrole nitrogens is 1. The van der Waals surface area contributed by atoms with Crippen LogP contribution >= 0.6 is 0 Å². The highest BCUT2D eigenvalue weighted by Gasteiger charge is 1.78. The Hall–Kier alpha value is -2.19. The third kappa shape index (κ3) is 3.99. The van der Waals surface area contributed by atoms with Gasteiger partial charge in [0.15, 0.2) is 0 Å². The summed E-state index contributed by atoms with van der Waals surface area (Å²) in [6, 6.07) is 12.9. The minimum absolute atomic E-state index is 0.653. The van der Waals surface area contributed by atoms with E-state index >= 15 is 0 Å². The number of benzene rings is 1. The second kappa shape index (κ2) is 6.34. The molecular formula is C10H10N4. The van der Waals surface area contributed by atoms with Crippen molar-refractivity contribution < 1.29 is 0 Å². The summed E-state index contributed by atoms with van der Waals surface area (Å²) in [5.74, 6) is 0. The Kier molecular flexibility index (Phi) is 4.48. The summed E-state index contributed by atoms with van der Waals surface area (Å²) in [4.78, 5) is 5.49. The van der Waals surface area contributed by atoms with Crippen molar-refractivity contribution in [2.45, 2.75) is 0 Å². The van der Waals surface area contributed by atoms with Gasteiger partial charge in [0, 0.05) is 23.0 Å². The quantitative estimate of drug-likeness (QED) is 0.401. The number of nitrogens with one attached hydrogen (secondary N) is 1. The summed E-state index contributed by atoms with van der Waals surface area (Å²) in [6.07, 6.45) is 3.75. The highest BCUT2D eigenvalue weighted by atomic mass is 15.1. The van der Waals surface area contributed by atoms with Crippen LogP contribution in [0.3, 0.4) is 0 Å². The van der Waals surface area contributed by atoms with E-state index in [0.717, 1.165) is 0 Å². The fourth-order valence-corrected chi connectivity index (χ4v) is 0.824. The molecule has 1 heterocycles. The lowest BCUT2D eigenvalue weighted by atomic mass is 10.3. The molecule has 0 fully saturated rings. The third-order valence-corrected chi connectivity index (χ3v) is 1.41. The van der Waals surface area contributed by atoms with Gasteiger partial charge in [-0.1, -0.05) is 35.4 Å². The summed E-state index contributed by atoms with van der Waals surface area (Å²) in [7, 11) is 0. The SMILES string of the molecule is [N-]=[N+]=Nc1ccccc1.c1cc[nH]c1. The molecule has 14 heavy (non-hydrogen) atoms. The van der Waals surface area contributed by atoms with Gasteiger partial charge in [0.05, 0.1) is 0 Å². The molecule has 4 nitrogen and oxygen atoms in total. The fourth-order valence-electron chi connectivity index (χ4n) is 0.824. The van der Waals surface area contributed by atoms with Gasteiger partial charge in [-0.3, -0.25) is 0 Å². The van der Waals surface area contributed by atoms with E-state index in [1.54, 1.807) is 12.1 Å². The Bertz CT molecular complexity index is 357.